The van der Waals surface area contributed by atoms with Crippen LogP contribution in [-0.2, 0) is 5.92 Å². The molecule has 0 aliphatic heterocycles. The monoisotopic (exact) mass is 457 g/mol. The van der Waals surface area contributed by atoms with E-state index >= 15 is 0 Å². The third-order valence-corrected chi connectivity index (χ3v) is 6.70. The molecule has 1 atom stereocenters. The van der Waals surface area contributed by atoms with Gasteiger partial charge in [-0.05, 0) is 76.0 Å². The van der Waals surface area contributed by atoms with Crippen molar-refractivity contribution in [2.75, 3.05) is 12.0 Å². The van der Waals surface area contributed by atoms with E-state index in [-0.39, 0.29) is 22.5 Å². The number of rotatable bonds is 7. The lowest BCUT2D eigenvalue weighted by molar-refractivity contribution is -0.0282. The van der Waals surface area contributed by atoms with E-state index < -0.39 is 24.1 Å². The van der Waals surface area contributed by atoms with Gasteiger partial charge in [-0.2, -0.15) is 8.78 Å². The maximum atomic E-state index is 14.0. The predicted octanol–water partition coefficient (Wildman–Crippen LogP) is 5.88. The largest absolute Gasteiger partial charge is 0.378 e. The average Bonchev–Trinajstić information content (AvgIpc) is 3.05. The van der Waals surface area contributed by atoms with Crippen molar-refractivity contribution >= 4 is 23.2 Å². The number of anilines is 1. The summed E-state index contributed by atoms with van der Waals surface area (Å²) in [4.78, 5) is 11.8. The molecule has 9 heteroatoms. The highest BCUT2D eigenvalue weighted by molar-refractivity contribution is 6.34. The summed E-state index contributed by atoms with van der Waals surface area (Å²) < 4.78 is 46.2. The van der Waals surface area contributed by atoms with Crippen LogP contribution in [0.15, 0.2) is 16.7 Å². The number of alkyl halides is 3. The number of nitrogens with zero attached hydrogens (tertiary/aromatic N) is 1. The second kappa shape index (κ2) is 9.10. The zero-order valence-corrected chi connectivity index (χ0v) is 18.5. The van der Waals surface area contributed by atoms with Gasteiger partial charge in [0.05, 0.1) is 10.6 Å². The Hall–Kier alpha value is -2.22. The van der Waals surface area contributed by atoms with E-state index in [0.717, 1.165) is 36.0 Å². The molecule has 1 saturated carbocycles. The van der Waals surface area contributed by atoms with Crippen molar-refractivity contribution in [1.82, 2.24) is 5.16 Å². The summed E-state index contributed by atoms with van der Waals surface area (Å²) in [6, 6.07) is 2.29. The third kappa shape index (κ3) is 4.84. The molecule has 3 N–H and O–H groups in total. The number of primary amides is 1. The fourth-order valence-electron chi connectivity index (χ4n) is 4.38. The lowest BCUT2D eigenvalue weighted by atomic mass is 9.75. The van der Waals surface area contributed by atoms with E-state index in [9.17, 15) is 18.0 Å². The minimum atomic E-state index is -3.70. The number of aryl methyl sites for hydroxylation is 2. The highest BCUT2D eigenvalue weighted by Crippen LogP contribution is 2.43. The minimum Gasteiger partial charge on any atom is -0.378 e. The highest BCUT2D eigenvalue weighted by Gasteiger charge is 2.35. The fraction of sp³-hybridized carbons (Fsp3) is 0.545. The van der Waals surface area contributed by atoms with Gasteiger partial charge in [-0.15, -0.1) is 0 Å². The van der Waals surface area contributed by atoms with Gasteiger partial charge in [-0.25, -0.2) is 4.39 Å². The smallest absolute Gasteiger partial charge is 0.301 e. The number of amides is 1. The van der Waals surface area contributed by atoms with Gasteiger partial charge in [0.2, 0.25) is 5.91 Å². The molecule has 0 saturated heterocycles. The SMILES string of the molecule is Cc1noc(C)c1NC(C)C1CCC(c2cc(C(F)(F)CF)cc(C(N)=O)c2Cl)CC1. The van der Waals surface area contributed by atoms with E-state index in [0.29, 0.717) is 24.3 Å². The van der Waals surface area contributed by atoms with E-state index in [4.69, 9.17) is 21.9 Å². The fourth-order valence-corrected chi connectivity index (χ4v) is 4.73. The molecule has 1 aromatic carbocycles. The first-order valence-electron chi connectivity index (χ1n) is 10.3. The van der Waals surface area contributed by atoms with Crippen LogP contribution in [0.1, 0.15) is 71.5 Å². The summed E-state index contributed by atoms with van der Waals surface area (Å²) in [5, 5.41) is 7.51. The molecule has 1 unspecified atom stereocenters. The van der Waals surface area contributed by atoms with Crippen molar-refractivity contribution in [2.45, 2.75) is 64.3 Å². The summed E-state index contributed by atoms with van der Waals surface area (Å²) in [6.07, 6.45) is 3.10. The van der Waals surface area contributed by atoms with Crippen LogP contribution >= 0.6 is 11.6 Å². The molecule has 3 rings (SSSR count). The molecule has 1 aliphatic rings. The van der Waals surface area contributed by atoms with Gasteiger partial charge in [-0.1, -0.05) is 16.8 Å². The van der Waals surface area contributed by atoms with Crippen molar-refractivity contribution in [2.24, 2.45) is 11.7 Å². The van der Waals surface area contributed by atoms with Crippen LogP contribution in [0, 0.1) is 19.8 Å². The number of nitrogens with two attached hydrogens (primary N) is 1. The van der Waals surface area contributed by atoms with Gasteiger partial charge in [0.1, 0.15) is 11.4 Å². The Morgan fingerprint density at radius 3 is 2.48 bits per heavy atom. The molecule has 1 amide bonds. The zero-order valence-electron chi connectivity index (χ0n) is 17.8. The number of hydrogen-bond acceptors (Lipinski definition) is 4. The van der Waals surface area contributed by atoms with Gasteiger partial charge in [0.15, 0.2) is 12.4 Å². The molecule has 1 fully saturated rings. The topological polar surface area (TPSA) is 81.2 Å². The van der Waals surface area contributed by atoms with Crippen LogP contribution < -0.4 is 11.1 Å². The standard InChI is InChI=1S/C22H27ClF3N3O2/c1-11(28-20-12(2)29-31-13(20)3)14-4-6-15(7-5-14)17-8-16(22(25,26)10-24)9-18(19(17)23)21(27)30/h8-9,11,14-15,28H,4-7,10H2,1-3H3,(H2,27,30). The molecule has 1 aromatic heterocycles. The third-order valence-electron chi connectivity index (χ3n) is 6.28. The van der Waals surface area contributed by atoms with Crippen LogP contribution in [-0.4, -0.2) is 23.8 Å². The van der Waals surface area contributed by atoms with Crippen molar-refractivity contribution in [3.05, 3.63) is 45.3 Å². The van der Waals surface area contributed by atoms with Crippen LogP contribution in [0.3, 0.4) is 0 Å². The number of carbonyl (C=O) groups excluding carboxylic acids is 1. The predicted molar refractivity (Wildman–Crippen MR) is 114 cm³/mol. The number of halogens is 4. The Bertz CT molecular complexity index is 936. The van der Waals surface area contributed by atoms with Gasteiger partial charge in [0.25, 0.3) is 0 Å². The summed E-state index contributed by atoms with van der Waals surface area (Å²) in [7, 11) is 0. The summed E-state index contributed by atoms with van der Waals surface area (Å²) in [5.74, 6) is -3.63. The van der Waals surface area contributed by atoms with E-state index in [2.05, 4.69) is 17.4 Å². The molecular formula is C22H27ClF3N3O2. The van der Waals surface area contributed by atoms with Gasteiger partial charge in [0, 0.05) is 11.6 Å². The molecule has 5 nitrogen and oxygen atoms in total. The Kier molecular flexibility index (Phi) is 6.88. The van der Waals surface area contributed by atoms with Crippen molar-refractivity contribution in [3.63, 3.8) is 0 Å². The summed E-state index contributed by atoms with van der Waals surface area (Å²) in [5.41, 5.74) is 6.70. The highest BCUT2D eigenvalue weighted by atomic mass is 35.5. The van der Waals surface area contributed by atoms with Crippen molar-refractivity contribution in [3.8, 4) is 0 Å². The van der Waals surface area contributed by atoms with Gasteiger partial charge >= 0.3 is 5.92 Å². The zero-order chi connectivity index (χ0) is 22.9. The second-order valence-corrected chi connectivity index (χ2v) is 8.75. The first-order valence-corrected chi connectivity index (χ1v) is 10.7. The lowest BCUT2D eigenvalue weighted by Gasteiger charge is -2.34. The maximum absolute atomic E-state index is 14.0. The van der Waals surface area contributed by atoms with E-state index in [1.807, 2.05) is 13.8 Å². The second-order valence-electron chi connectivity index (χ2n) is 8.37. The normalized spacial score (nSPS) is 20.5. The van der Waals surface area contributed by atoms with Crippen LogP contribution in [0.4, 0.5) is 18.9 Å². The van der Waals surface area contributed by atoms with Crippen LogP contribution in [0.2, 0.25) is 5.02 Å². The van der Waals surface area contributed by atoms with Crippen molar-refractivity contribution < 1.29 is 22.5 Å². The molecule has 31 heavy (non-hydrogen) atoms. The lowest BCUT2D eigenvalue weighted by Crippen LogP contribution is -2.30. The Morgan fingerprint density at radius 2 is 1.97 bits per heavy atom. The Labute approximate surface area is 184 Å². The van der Waals surface area contributed by atoms with Crippen LogP contribution in [0.5, 0.6) is 0 Å². The molecule has 2 aromatic rings. The van der Waals surface area contributed by atoms with E-state index in [1.54, 1.807) is 0 Å². The molecule has 0 spiro atoms. The molecule has 1 aliphatic carbocycles. The quantitative estimate of drug-likeness (QED) is 0.544. The molecular weight excluding hydrogens is 431 g/mol. The molecule has 1 heterocycles. The average molecular weight is 458 g/mol. The number of carbonyl (C=O) groups is 1. The summed E-state index contributed by atoms with van der Waals surface area (Å²) in [6.45, 7) is 3.97. The van der Waals surface area contributed by atoms with Gasteiger partial charge < -0.3 is 15.6 Å². The maximum Gasteiger partial charge on any atom is 0.301 e. The van der Waals surface area contributed by atoms with Gasteiger partial charge in [-0.3, -0.25) is 4.79 Å². The first kappa shape index (κ1) is 23.4. The van der Waals surface area contributed by atoms with Crippen molar-refractivity contribution in [1.29, 1.82) is 0 Å². The van der Waals surface area contributed by atoms with E-state index in [1.165, 1.54) is 6.07 Å². The Balaban J connectivity index is 1.77. The Morgan fingerprint density at radius 1 is 1.32 bits per heavy atom. The number of aromatic nitrogens is 1. The number of hydrogen-bond donors (Lipinski definition) is 2. The summed E-state index contributed by atoms with van der Waals surface area (Å²) >= 11 is 6.36. The molecule has 170 valence electrons. The minimum absolute atomic E-state index is 0.0799. The molecule has 0 bridgehead atoms. The number of nitrogens with one attached hydrogen (secondary N) is 1. The van der Waals surface area contributed by atoms with Crippen LogP contribution in [0.25, 0.3) is 0 Å². The number of benzene rings is 1. The molecule has 0 radical (unpaired) electrons. The first-order chi connectivity index (χ1) is 14.5.